The van der Waals surface area contributed by atoms with Crippen LogP contribution < -0.4 is 4.18 Å². The van der Waals surface area contributed by atoms with Crippen LogP contribution in [0.5, 0.6) is 5.75 Å². The Kier molecular flexibility index (Phi) is 4.60. The van der Waals surface area contributed by atoms with E-state index in [2.05, 4.69) is 11.1 Å². The minimum Gasteiger partial charge on any atom is -0.384 e. The number of ether oxygens (including phenoxy) is 1. The van der Waals surface area contributed by atoms with E-state index in [1.54, 1.807) is 19.2 Å². The fourth-order valence-corrected chi connectivity index (χ4v) is 6.35. The lowest BCUT2D eigenvalue weighted by Gasteiger charge is -2.50. The third-order valence-electron chi connectivity index (χ3n) is 7.17. The Morgan fingerprint density at radius 2 is 2.04 bits per heavy atom. The molecule has 3 aliphatic rings. The van der Waals surface area contributed by atoms with Crippen LogP contribution in [0.15, 0.2) is 18.2 Å². The number of benzene rings is 1. The number of rotatable bonds is 4. The van der Waals surface area contributed by atoms with Gasteiger partial charge in [0, 0.05) is 24.9 Å². The van der Waals surface area contributed by atoms with Gasteiger partial charge in [0.15, 0.2) is 0 Å². The van der Waals surface area contributed by atoms with E-state index in [1.807, 2.05) is 6.07 Å². The first-order valence-corrected chi connectivity index (χ1v) is 10.9. The molecule has 0 radical (unpaired) electrons. The maximum absolute atomic E-state index is 12.5. The minimum absolute atomic E-state index is 0.118. The summed E-state index contributed by atoms with van der Waals surface area (Å²) in [4.78, 5) is 12.5. The number of carbonyl (C=O) groups excluding carboxylic acids is 1. The van der Waals surface area contributed by atoms with Crippen molar-refractivity contribution in [3.8, 4) is 5.75 Å². The Bertz CT molecular complexity index is 863. The van der Waals surface area contributed by atoms with Gasteiger partial charge < -0.3 is 8.92 Å². The van der Waals surface area contributed by atoms with E-state index >= 15 is 0 Å². The van der Waals surface area contributed by atoms with Gasteiger partial charge >= 0.3 is 10.4 Å². The van der Waals surface area contributed by atoms with E-state index < -0.39 is 10.4 Å². The number of ketones is 1. The predicted molar refractivity (Wildman–Crippen MR) is 99.2 cm³/mol. The second-order valence-electron chi connectivity index (χ2n) is 8.48. The van der Waals surface area contributed by atoms with Crippen LogP contribution in [0.3, 0.4) is 0 Å². The molecule has 4 rings (SSSR count). The van der Waals surface area contributed by atoms with Gasteiger partial charge in [-0.25, -0.2) is 0 Å². The predicted octanol–water partition coefficient (Wildman–Crippen LogP) is 3.48. The first-order chi connectivity index (χ1) is 12.7. The fourth-order valence-electron chi connectivity index (χ4n) is 6.01. The topological polar surface area (TPSA) is 89.9 Å². The zero-order valence-corrected chi connectivity index (χ0v) is 16.5. The number of fused-ring (bicyclic) bond motifs is 5. The highest BCUT2D eigenvalue weighted by atomic mass is 32.3. The van der Waals surface area contributed by atoms with Gasteiger partial charge in [-0.2, -0.15) is 8.42 Å². The van der Waals surface area contributed by atoms with Gasteiger partial charge in [0.1, 0.15) is 11.5 Å². The summed E-state index contributed by atoms with van der Waals surface area (Å²) < 4.78 is 41.2. The highest BCUT2D eigenvalue weighted by Gasteiger charge is 2.55. The van der Waals surface area contributed by atoms with Gasteiger partial charge in [0.2, 0.25) is 0 Å². The molecule has 0 amide bonds. The van der Waals surface area contributed by atoms with Crippen molar-refractivity contribution in [3.05, 3.63) is 29.3 Å². The van der Waals surface area contributed by atoms with Crippen LogP contribution in [0.2, 0.25) is 0 Å². The molecule has 0 spiro atoms. The minimum atomic E-state index is -4.55. The molecule has 0 aliphatic heterocycles. The van der Waals surface area contributed by atoms with Gasteiger partial charge in [-0.05, 0) is 66.7 Å². The smallest absolute Gasteiger partial charge is 0.384 e. The molecule has 2 fully saturated rings. The molecule has 0 bridgehead atoms. The Morgan fingerprint density at radius 3 is 2.74 bits per heavy atom. The zero-order valence-electron chi connectivity index (χ0n) is 15.7. The average molecular weight is 394 g/mol. The largest absolute Gasteiger partial charge is 0.446 e. The lowest BCUT2D eigenvalue weighted by Crippen LogP contribution is -2.43. The van der Waals surface area contributed by atoms with Crippen LogP contribution in [0.25, 0.3) is 0 Å². The lowest BCUT2D eigenvalue weighted by atomic mass is 9.54. The molecule has 27 heavy (non-hydrogen) atoms. The van der Waals surface area contributed by atoms with E-state index in [0.717, 1.165) is 31.2 Å². The number of Topliss-reactive ketones (excluding diaryl/α,β-unsaturated/α-hetero) is 1. The zero-order chi connectivity index (χ0) is 19.4. The summed E-state index contributed by atoms with van der Waals surface area (Å²) in [6.07, 6.45) is 4.46. The summed E-state index contributed by atoms with van der Waals surface area (Å²) in [5, 5.41) is 0. The molecule has 3 aliphatic carbocycles. The highest BCUT2D eigenvalue weighted by Crippen LogP contribution is 2.61. The third kappa shape index (κ3) is 3.19. The van der Waals surface area contributed by atoms with E-state index in [-0.39, 0.29) is 17.1 Å². The van der Waals surface area contributed by atoms with Crippen LogP contribution in [-0.4, -0.2) is 32.5 Å². The van der Waals surface area contributed by atoms with Crippen molar-refractivity contribution in [1.82, 2.24) is 0 Å². The molecule has 5 atom stereocenters. The summed E-state index contributed by atoms with van der Waals surface area (Å²) in [5.41, 5.74) is 2.05. The molecule has 6 nitrogen and oxygen atoms in total. The maximum atomic E-state index is 12.5. The Balaban J connectivity index is 1.73. The van der Waals surface area contributed by atoms with Crippen molar-refractivity contribution in [2.45, 2.75) is 50.9 Å². The summed E-state index contributed by atoms with van der Waals surface area (Å²) >= 11 is 0. The van der Waals surface area contributed by atoms with Crippen molar-refractivity contribution in [2.75, 3.05) is 13.7 Å². The van der Waals surface area contributed by atoms with Gasteiger partial charge in [-0.3, -0.25) is 9.35 Å². The van der Waals surface area contributed by atoms with Crippen LogP contribution in [0.4, 0.5) is 0 Å². The summed E-state index contributed by atoms with van der Waals surface area (Å²) in [5.74, 6) is 1.87. The standard InChI is InChI=1S/C20H26O6S/c1-20-8-7-15-14-4-3-13(26-27(22,23)24)10-16(14)12(11-25-2)9-17(15)18(20)5-6-19(20)21/h3-4,10,12,15,17-18H,5-9,11H2,1-2H3,(H,22,23,24)/t12-,15?,17-,18+,20?/m1/s1. The first-order valence-electron chi connectivity index (χ1n) is 9.56. The van der Waals surface area contributed by atoms with Gasteiger partial charge in [-0.1, -0.05) is 13.0 Å². The summed E-state index contributed by atoms with van der Waals surface area (Å²) in [6, 6.07) is 5.25. The molecule has 0 saturated heterocycles. The van der Waals surface area contributed by atoms with E-state index in [9.17, 15) is 13.2 Å². The Hall–Kier alpha value is -1.44. The molecular weight excluding hydrogens is 368 g/mol. The number of hydrogen-bond donors (Lipinski definition) is 1. The number of hydrogen-bond acceptors (Lipinski definition) is 5. The maximum Gasteiger partial charge on any atom is 0.446 e. The monoisotopic (exact) mass is 394 g/mol. The molecule has 1 N–H and O–H groups in total. The molecule has 1 aromatic rings. The second kappa shape index (κ2) is 6.57. The summed E-state index contributed by atoms with van der Waals surface area (Å²) in [7, 11) is -2.89. The molecule has 1 aromatic carbocycles. The van der Waals surface area contributed by atoms with Gasteiger partial charge in [0.25, 0.3) is 0 Å². The lowest BCUT2D eigenvalue weighted by molar-refractivity contribution is -0.129. The summed E-state index contributed by atoms with van der Waals surface area (Å²) in [6.45, 7) is 2.68. The SMILES string of the molecule is COC[C@H]1C[C@@H]2C(CCC3(C)C(=O)CC[C@@H]23)c2ccc(OS(=O)(=O)O)cc21. The van der Waals surface area contributed by atoms with Gasteiger partial charge in [-0.15, -0.1) is 0 Å². The van der Waals surface area contributed by atoms with Crippen LogP contribution in [0.1, 0.15) is 62.0 Å². The van der Waals surface area contributed by atoms with Crippen molar-refractivity contribution in [2.24, 2.45) is 17.3 Å². The van der Waals surface area contributed by atoms with Gasteiger partial charge in [0.05, 0.1) is 6.61 Å². The average Bonchev–Trinajstić information content (AvgIpc) is 2.89. The van der Waals surface area contributed by atoms with Crippen molar-refractivity contribution in [1.29, 1.82) is 0 Å². The Labute approximate surface area is 160 Å². The molecule has 0 aromatic heterocycles. The van der Waals surface area contributed by atoms with Crippen LogP contribution in [0, 0.1) is 17.3 Å². The molecule has 0 heterocycles. The molecule has 148 valence electrons. The van der Waals surface area contributed by atoms with E-state index in [4.69, 9.17) is 9.29 Å². The molecule has 2 unspecified atom stereocenters. The van der Waals surface area contributed by atoms with Crippen molar-refractivity contribution in [3.63, 3.8) is 0 Å². The second-order valence-corrected chi connectivity index (χ2v) is 9.51. The van der Waals surface area contributed by atoms with Crippen molar-refractivity contribution < 1.29 is 26.7 Å². The van der Waals surface area contributed by atoms with Crippen molar-refractivity contribution >= 4 is 16.2 Å². The third-order valence-corrected chi connectivity index (χ3v) is 7.57. The number of methoxy groups -OCH3 is 1. The van der Waals surface area contributed by atoms with Crippen LogP contribution >= 0.6 is 0 Å². The Morgan fingerprint density at radius 1 is 1.26 bits per heavy atom. The van der Waals surface area contributed by atoms with E-state index in [1.165, 1.54) is 5.56 Å². The van der Waals surface area contributed by atoms with E-state index in [0.29, 0.717) is 36.6 Å². The van der Waals surface area contributed by atoms with Crippen LogP contribution in [-0.2, 0) is 19.9 Å². The normalized spacial score (nSPS) is 35.3. The fraction of sp³-hybridized carbons (Fsp3) is 0.650. The molecule has 7 heteroatoms. The molecular formula is C20H26O6S. The number of carbonyl (C=O) groups is 1. The highest BCUT2D eigenvalue weighted by molar-refractivity contribution is 7.81. The first kappa shape index (κ1) is 18.9. The molecule has 2 saturated carbocycles. The quantitative estimate of drug-likeness (QED) is 0.787.